The third-order valence-corrected chi connectivity index (χ3v) is 3.77. The molecule has 0 spiro atoms. The lowest BCUT2D eigenvalue weighted by atomic mass is 10.4. The Balaban J connectivity index is 2.08. The van der Waals surface area contributed by atoms with Gasteiger partial charge in [-0.2, -0.15) is 0 Å². The molecular weight excluding hydrogens is 292 g/mol. The third kappa shape index (κ3) is 3.76. The van der Waals surface area contributed by atoms with E-state index < -0.39 is 0 Å². The summed E-state index contributed by atoms with van der Waals surface area (Å²) < 4.78 is 4.97. The first-order valence-electron chi connectivity index (χ1n) is 6.41. The van der Waals surface area contributed by atoms with Crippen molar-refractivity contribution in [3.63, 3.8) is 0 Å². The van der Waals surface area contributed by atoms with E-state index in [1.807, 2.05) is 0 Å². The van der Waals surface area contributed by atoms with Crippen molar-refractivity contribution in [3.8, 4) is 0 Å². The minimum absolute atomic E-state index is 0.148. The minimum atomic E-state index is -0.182. The minimum Gasteiger partial charge on any atom is -0.481 e. The zero-order chi connectivity index (χ0) is 15.2. The molecule has 114 valence electrons. The molecule has 2 heterocycles. The van der Waals surface area contributed by atoms with Gasteiger partial charge in [-0.15, -0.1) is 0 Å². The van der Waals surface area contributed by atoms with Gasteiger partial charge in [-0.3, -0.25) is 5.32 Å². The van der Waals surface area contributed by atoms with E-state index in [2.05, 4.69) is 27.2 Å². The number of methoxy groups -OCH3 is 1. The van der Waals surface area contributed by atoms with Crippen molar-refractivity contribution in [2.75, 3.05) is 33.3 Å². The maximum atomic E-state index is 12.1. The summed E-state index contributed by atoms with van der Waals surface area (Å²) >= 11 is 1.22. The van der Waals surface area contributed by atoms with E-state index in [0.29, 0.717) is 29.0 Å². The van der Waals surface area contributed by atoms with Gasteiger partial charge in [0, 0.05) is 32.4 Å². The van der Waals surface area contributed by atoms with Crippen molar-refractivity contribution >= 4 is 28.0 Å². The number of nitrogens with one attached hydrogen (secondary N) is 2. The van der Waals surface area contributed by atoms with Crippen LogP contribution in [0.25, 0.3) is 0 Å². The standard InChI is InChI=1S/C12H18N6O2S/c1-3-15-10-8(9(13)20-2)16-11(21-10)17-12(19)18-6-4-14-5-7-18/h3,14H,1,4-7,13H2,2H3,(H,16,17,19)/b9-8-,15-10+. The third-order valence-electron chi connectivity index (χ3n) is 2.89. The summed E-state index contributed by atoms with van der Waals surface area (Å²) in [5.41, 5.74) is 6.13. The highest BCUT2D eigenvalue weighted by Crippen LogP contribution is 2.25. The fourth-order valence-electron chi connectivity index (χ4n) is 1.83. The molecule has 2 amide bonds. The number of thioether (sulfide) groups is 1. The van der Waals surface area contributed by atoms with E-state index in [-0.39, 0.29) is 11.9 Å². The lowest BCUT2D eigenvalue weighted by Gasteiger charge is -2.27. The Morgan fingerprint density at radius 3 is 2.95 bits per heavy atom. The molecule has 0 bridgehead atoms. The summed E-state index contributed by atoms with van der Waals surface area (Å²) in [5.74, 6) is 0.148. The molecule has 2 aliphatic heterocycles. The van der Waals surface area contributed by atoms with Crippen LogP contribution in [0.5, 0.6) is 0 Å². The van der Waals surface area contributed by atoms with Gasteiger partial charge >= 0.3 is 6.03 Å². The average molecular weight is 310 g/mol. The molecule has 0 aromatic carbocycles. The molecule has 0 saturated carbocycles. The molecule has 9 heteroatoms. The lowest BCUT2D eigenvalue weighted by molar-refractivity contribution is 0.195. The number of urea groups is 1. The van der Waals surface area contributed by atoms with Crippen molar-refractivity contribution in [1.29, 1.82) is 0 Å². The molecule has 1 saturated heterocycles. The van der Waals surface area contributed by atoms with Crippen LogP contribution in [0, 0.1) is 0 Å². The van der Waals surface area contributed by atoms with E-state index >= 15 is 0 Å². The van der Waals surface area contributed by atoms with Crippen LogP contribution >= 0.6 is 11.8 Å². The molecule has 8 nitrogen and oxygen atoms in total. The molecule has 2 rings (SSSR count). The van der Waals surface area contributed by atoms with Crippen LogP contribution in [0.1, 0.15) is 0 Å². The van der Waals surface area contributed by atoms with Crippen molar-refractivity contribution in [2.24, 2.45) is 15.7 Å². The van der Waals surface area contributed by atoms with Crippen molar-refractivity contribution in [2.45, 2.75) is 0 Å². The SMILES string of the molecule is C=C/N=C1/SC(NC(=O)N2CCNCC2)=N/C1=C(/N)OC. The van der Waals surface area contributed by atoms with Gasteiger partial charge in [0.15, 0.2) is 10.9 Å². The highest BCUT2D eigenvalue weighted by Gasteiger charge is 2.26. The van der Waals surface area contributed by atoms with E-state index in [1.165, 1.54) is 25.1 Å². The highest BCUT2D eigenvalue weighted by molar-refractivity contribution is 8.27. The maximum Gasteiger partial charge on any atom is 0.323 e. The smallest absolute Gasteiger partial charge is 0.323 e. The zero-order valence-corrected chi connectivity index (χ0v) is 12.6. The molecule has 0 atom stereocenters. The number of hydrogen-bond acceptors (Lipinski definition) is 7. The Bertz CT molecular complexity index is 522. The number of nitrogens with two attached hydrogens (primary N) is 1. The van der Waals surface area contributed by atoms with Crippen LogP contribution < -0.4 is 16.4 Å². The van der Waals surface area contributed by atoms with Crippen molar-refractivity contribution in [3.05, 3.63) is 24.4 Å². The molecule has 0 aliphatic carbocycles. The number of aliphatic imine (C=N–C) groups is 2. The number of amides is 2. The Morgan fingerprint density at radius 1 is 1.62 bits per heavy atom. The summed E-state index contributed by atoms with van der Waals surface area (Å²) in [6, 6.07) is -0.182. The predicted molar refractivity (Wildman–Crippen MR) is 83.9 cm³/mol. The number of nitrogens with zero attached hydrogens (tertiary/aromatic N) is 3. The summed E-state index contributed by atoms with van der Waals surface area (Å²) in [6.07, 6.45) is 1.39. The van der Waals surface area contributed by atoms with E-state index in [9.17, 15) is 4.79 Å². The van der Waals surface area contributed by atoms with Gasteiger partial charge in [-0.1, -0.05) is 6.58 Å². The second-order valence-corrected chi connectivity index (χ2v) is 5.20. The number of amidine groups is 1. The molecule has 2 aliphatic rings. The lowest BCUT2D eigenvalue weighted by Crippen LogP contribution is -2.50. The summed E-state index contributed by atoms with van der Waals surface area (Å²) in [5, 5.41) is 6.91. The zero-order valence-electron chi connectivity index (χ0n) is 11.8. The molecular formula is C12H18N6O2S. The number of carbonyl (C=O) groups excluding carboxylic acids is 1. The molecule has 21 heavy (non-hydrogen) atoms. The van der Waals surface area contributed by atoms with Crippen LogP contribution in [0.4, 0.5) is 4.79 Å². The quantitative estimate of drug-likeness (QED) is 0.624. The van der Waals surface area contributed by atoms with E-state index in [4.69, 9.17) is 10.5 Å². The molecule has 4 N–H and O–H groups in total. The van der Waals surface area contributed by atoms with Crippen LogP contribution in [0.3, 0.4) is 0 Å². The summed E-state index contributed by atoms with van der Waals surface area (Å²) in [7, 11) is 1.45. The monoisotopic (exact) mass is 310 g/mol. The molecule has 0 radical (unpaired) electrons. The van der Waals surface area contributed by atoms with Crippen LogP contribution in [-0.2, 0) is 4.74 Å². The van der Waals surface area contributed by atoms with Crippen LogP contribution in [0.2, 0.25) is 0 Å². The fraction of sp³-hybridized carbons (Fsp3) is 0.417. The Labute approximate surface area is 127 Å². The largest absolute Gasteiger partial charge is 0.481 e. The molecule has 0 aromatic heterocycles. The topological polar surface area (TPSA) is 104 Å². The van der Waals surface area contributed by atoms with Crippen LogP contribution in [0.15, 0.2) is 34.3 Å². The molecule has 0 unspecified atom stereocenters. The van der Waals surface area contributed by atoms with Gasteiger partial charge in [0.25, 0.3) is 0 Å². The van der Waals surface area contributed by atoms with Gasteiger partial charge in [-0.05, 0) is 11.8 Å². The van der Waals surface area contributed by atoms with Gasteiger partial charge < -0.3 is 20.7 Å². The number of ether oxygens (including phenoxy) is 1. The highest BCUT2D eigenvalue weighted by atomic mass is 32.2. The fourth-order valence-corrected chi connectivity index (χ4v) is 2.66. The van der Waals surface area contributed by atoms with E-state index in [0.717, 1.165) is 13.1 Å². The number of rotatable bonds is 2. The van der Waals surface area contributed by atoms with Gasteiger partial charge in [0.05, 0.1) is 7.11 Å². The van der Waals surface area contributed by atoms with Gasteiger partial charge in [0.1, 0.15) is 5.04 Å². The first-order valence-corrected chi connectivity index (χ1v) is 7.23. The van der Waals surface area contributed by atoms with Crippen molar-refractivity contribution in [1.82, 2.24) is 15.5 Å². The Kier molecular flexibility index (Phi) is 5.23. The Hall–Kier alpha value is -2.00. The normalized spacial score (nSPS) is 22.8. The second-order valence-electron chi connectivity index (χ2n) is 4.22. The summed E-state index contributed by atoms with van der Waals surface area (Å²) in [4.78, 5) is 22.2. The van der Waals surface area contributed by atoms with Gasteiger partial charge in [-0.25, -0.2) is 14.8 Å². The van der Waals surface area contributed by atoms with Crippen LogP contribution in [-0.4, -0.2) is 54.4 Å². The molecule has 0 aromatic rings. The number of carbonyl (C=O) groups is 1. The second kappa shape index (κ2) is 7.14. The van der Waals surface area contributed by atoms with E-state index in [1.54, 1.807) is 4.90 Å². The maximum absolute atomic E-state index is 12.1. The number of piperazine rings is 1. The first-order chi connectivity index (χ1) is 10.2. The predicted octanol–water partition coefficient (Wildman–Crippen LogP) is 0.0202. The molecule has 1 fully saturated rings. The van der Waals surface area contributed by atoms with Crippen molar-refractivity contribution < 1.29 is 9.53 Å². The number of hydrogen-bond donors (Lipinski definition) is 3. The average Bonchev–Trinajstić information content (AvgIpc) is 2.90. The summed E-state index contributed by atoms with van der Waals surface area (Å²) in [6.45, 7) is 6.46. The Morgan fingerprint density at radius 2 is 2.33 bits per heavy atom. The first kappa shape index (κ1) is 15.4. The van der Waals surface area contributed by atoms with Gasteiger partial charge in [0.2, 0.25) is 5.88 Å².